The number of hydrogen-bond acceptors (Lipinski definition) is 4. The lowest BCUT2D eigenvalue weighted by atomic mass is 10.2. The molecule has 0 aromatic rings. The van der Waals surface area contributed by atoms with Gasteiger partial charge >= 0.3 is 0 Å². The van der Waals surface area contributed by atoms with Gasteiger partial charge in [-0.15, -0.1) is 0 Å². The Morgan fingerprint density at radius 3 is 2.61 bits per heavy atom. The van der Waals surface area contributed by atoms with Gasteiger partial charge in [0, 0.05) is 38.5 Å². The van der Waals surface area contributed by atoms with Crippen LogP contribution in [0.5, 0.6) is 0 Å². The molecule has 6 heteroatoms. The van der Waals surface area contributed by atoms with Crippen molar-refractivity contribution in [3.8, 4) is 0 Å². The number of rotatable bonds is 6. The van der Waals surface area contributed by atoms with Crippen molar-refractivity contribution in [3.05, 3.63) is 0 Å². The van der Waals surface area contributed by atoms with Crippen molar-refractivity contribution in [2.24, 2.45) is 5.73 Å². The number of nitrogens with two attached hydrogens (primary N) is 1. The second kappa shape index (κ2) is 8.05. The van der Waals surface area contributed by atoms with Crippen molar-refractivity contribution in [2.45, 2.75) is 32.2 Å². The van der Waals surface area contributed by atoms with E-state index in [0.717, 1.165) is 0 Å². The lowest BCUT2D eigenvalue weighted by Crippen LogP contribution is -2.42. The molecule has 1 aliphatic heterocycles. The zero-order valence-electron chi connectivity index (χ0n) is 11.0. The highest BCUT2D eigenvalue weighted by Crippen LogP contribution is 1.99. The Bertz CT molecular complexity index is 276. The molecule has 6 nitrogen and oxygen atoms in total. The predicted octanol–water partition coefficient (Wildman–Crippen LogP) is -0.521. The number of hydrogen-bond donors (Lipinski definition) is 2. The fourth-order valence-electron chi connectivity index (χ4n) is 1.73. The highest BCUT2D eigenvalue weighted by atomic mass is 16.5. The summed E-state index contributed by atoms with van der Waals surface area (Å²) >= 11 is 0. The Morgan fingerprint density at radius 1 is 1.33 bits per heavy atom. The Balaban J connectivity index is 2.09. The van der Waals surface area contributed by atoms with E-state index in [1.54, 1.807) is 4.90 Å². The van der Waals surface area contributed by atoms with E-state index in [4.69, 9.17) is 10.5 Å². The first-order valence-corrected chi connectivity index (χ1v) is 6.47. The monoisotopic (exact) mass is 257 g/mol. The number of carbonyl (C=O) groups excluding carboxylic acids is 2. The number of nitrogens with one attached hydrogen (secondary N) is 1. The van der Waals surface area contributed by atoms with Gasteiger partial charge in [0.1, 0.15) is 0 Å². The summed E-state index contributed by atoms with van der Waals surface area (Å²) in [5.41, 5.74) is 5.56. The van der Waals surface area contributed by atoms with Gasteiger partial charge in [0.05, 0.1) is 13.2 Å². The molecule has 1 unspecified atom stereocenters. The molecule has 0 saturated carbocycles. The highest BCUT2D eigenvalue weighted by molar-refractivity contribution is 5.79. The summed E-state index contributed by atoms with van der Waals surface area (Å²) in [5, 5.41) is 2.73. The summed E-state index contributed by atoms with van der Waals surface area (Å²) in [5.74, 6) is 0.0351. The Kier molecular flexibility index (Phi) is 6.67. The average molecular weight is 257 g/mol. The van der Waals surface area contributed by atoms with Gasteiger partial charge < -0.3 is 20.7 Å². The first-order valence-electron chi connectivity index (χ1n) is 6.47. The van der Waals surface area contributed by atoms with E-state index in [1.807, 2.05) is 6.92 Å². The minimum absolute atomic E-state index is 0.0331. The molecule has 1 atom stereocenters. The van der Waals surface area contributed by atoms with E-state index in [9.17, 15) is 9.59 Å². The molecule has 2 amide bonds. The SMILES string of the molecule is CC(N)CCC(=O)NCCC(=O)N1CCOCC1. The third-order valence-electron chi connectivity index (χ3n) is 2.85. The third kappa shape index (κ3) is 5.97. The number of amides is 2. The highest BCUT2D eigenvalue weighted by Gasteiger charge is 2.16. The van der Waals surface area contributed by atoms with Gasteiger partial charge in [-0.05, 0) is 13.3 Å². The van der Waals surface area contributed by atoms with Gasteiger partial charge in [0.25, 0.3) is 0 Å². The van der Waals surface area contributed by atoms with Crippen molar-refractivity contribution in [1.29, 1.82) is 0 Å². The van der Waals surface area contributed by atoms with Crippen molar-refractivity contribution in [2.75, 3.05) is 32.8 Å². The smallest absolute Gasteiger partial charge is 0.224 e. The first kappa shape index (κ1) is 14.9. The molecule has 0 spiro atoms. The summed E-state index contributed by atoms with van der Waals surface area (Å²) in [4.78, 5) is 24.9. The topological polar surface area (TPSA) is 84.7 Å². The minimum Gasteiger partial charge on any atom is -0.378 e. The van der Waals surface area contributed by atoms with Crippen LogP contribution in [-0.2, 0) is 14.3 Å². The van der Waals surface area contributed by atoms with Gasteiger partial charge in [-0.2, -0.15) is 0 Å². The van der Waals surface area contributed by atoms with Crippen LogP contribution in [0.4, 0.5) is 0 Å². The molecule has 18 heavy (non-hydrogen) atoms. The molecule has 104 valence electrons. The maximum atomic E-state index is 11.7. The molecule has 0 aliphatic carbocycles. The van der Waals surface area contributed by atoms with Crippen LogP contribution in [0.15, 0.2) is 0 Å². The molecule has 0 radical (unpaired) electrons. The van der Waals surface area contributed by atoms with Crippen LogP contribution >= 0.6 is 0 Å². The molecule has 3 N–H and O–H groups in total. The molecule has 0 bridgehead atoms. The van der Waals surface area contributed by atoms with Gasteiger partial charge in [-0.3, -0.25) is 9.59 Å². The molecular weight excluding hydrogens is 234 g/mol. The fourth-order valence-corrected chi connectivity index (χ4v) is 1.73. The molecule has 1 heterocycles. The van der Waals surface area contributed by atoms with Crippen molar-refractivity contribution < 1.29 is 14.3 Å². The van der Waals surface area contributed by atoms with Gasteiger partial charge in [0.15, 0.2) is 0 Å². The Morgan fingerprint density at radius 2 is 2.00 bits per heavy atom. The maximum absolute atomic E-state index is 11.7. The molecular formula is C12H23N3O3. The second-order valence-electron chi connectivity index (χ2n) is 4.61. The summed E-state index contributed by atoms with van der Waals surface area (Å²) in [7, 11) is 0. The normalized spacial score (nSPS) is 17.3. The van der Waals surface area contributed by atoms with Gasteiger partial charge in [-0.1, -0.05) is 0 Å². The van der Waals surface area contributed by atoms with E-state index in [1.165, 1.54) is 0 Å². The number of morpholine rings is 1. The van der Waals surface area contributed by atoms with E-state index < -0.39 is 0 Å². The zero-order valence-corrected chi connectivity index (χ0v) is 11.0. The predicted molar refractivity (Wildman–Crippen MR) is 67.9 cm³/mol. The van der Waals surface area contributed by atoms with E-state index in [0.29, 0.717) is 52.1 Å². The molecule has 1 rings (SSSR count). The summed E-state index contributed by atoms with van der Waals surface area (Å²) in [6.07, 6.45) is 1.44. The third-order valence-corrected chi connectivity index (χ3v) is 2.85. The van der Waals surface area contributed by atoms with Crippen LogP contribution in [0.3, 0.4) is 0 Å². The molecule has 0 aromatic carbocycles. The summed E-state index contributed by atoms with van der Waals surface area (Å²) in [6.45, 7) is 4.77. The standard InChI is InChI=1S/C12H23N3O3/c1-10(13)2-3-11(16)14-5-4-12(17)15-6-8-18-9-7-15/h10H,2-9,13H2,1H3,(H,14,16). The van der Waals surface area contributed by atoms with Gasteiger partial charge in [0.2, 0.25) is 11.8 Å². The quantitative estimate of drug-likeness (QED) is 0.670. The fraction of sp³-hybridized carbons (Fsp3) is 0.833. The molecule has 1 saturated heterocycles. The van der Waals surface area contributed by atoms with E-state index in [2.05, 4.69) is 5.32 Å². The van der Waals surface area contributed by atoms with Gasteiger partial charge in [-0.25, -0.2) is 0 Å². The maximum Gasteiger partial charge on any atom is 0.224 e. The largest absolute Gasteiger partial charge is 0.378 e. The Labute approximate surface area is 108 Å². The van der Waals surface area contributed by atoms with Crippen LogP contribution in [0, 0.1) is 0 Å². The summed E-state index contributed by atoms with van der Waals surface area (Å²) in [6, 6.07) is 0.0331. The van der Waals surface area contributed by atoms with Crippen LogP contribution in [0.25, 0.3) is 0 Å². The number of ether oxygens (including phenoxy) is 1. The first-order chi connectivity index (χ1) is 8.59. The van der Waals surface area contributed by atoms with Crippen LogP contribution < -0.4 is 11.1 Å². The molecule has 0 aromatic heterocycles. The van der Waals surface area contributed by atoms with E-state index >= 15 is 0 Å². The van der Waals surface area contributed by atoms with Crippen LogP contribution in [-0.4, -0.2) is 55.6 Å². The lowest BCUT2D eigenvalue weighted by molar-refractivity contribution is -0.135. The molecule has 1 fully saturated rings. The zero-order chi connectivity index (χ0) is 13.4. The van der Waals surface area contributed by atoms with E-state index in [-0.39, 0.29) is 17.9 Å². The average Bonchev–Trinajstić information content (AvgIpc) is 2.37. The van der Waals surface area contributed by atoms with Crippen LogP contribution in [0.2, 0.25) is 0 Å². The molecule has 1 aliphatic rings. The Hall–Kier alpha value is -1.14. The van der Waals surface area contributed by atoms with Crippen molar-refractivity contribution in [1.82, 2.24) is 10.2 Å². The minimum atomic E-state index is -0.0397. The van der Waals surface area contributed by atoms with Crippen LogP contribution in [0.1, 0.15) is 26.2 Å². The van der Waals surface area contributed by atoms with Crippen molar-refractivity contribution in [3.63, 3.8) is 0 Å². The lowest BCUT2D eigenvalue weighted by Gasteiger charge is -2.26. The number of nitrogens with zero attached hydrogens (tertiary/aromatic N) is 1. The van der Waals surface area contributed by atoms with Crippen molar-refractivity contribution >= 4 is 11.8 Å². The number of carbonyl (C=O) groups is 2. The second-order valence-corrected chi connectivity index (χ2v) is 4.61. The summed E-state index contributed by atoms with van der Waals surface area (Å²) < 4.78 is 5.17.